The molecule has 0 fully saturated rings. The summed E-state index contributed by atoms with van der Waals surface area (Å²) in [6.07, 6.45) is 0.921. The highest BCUT2D eigenvalue weighted by molar-refractivity contribution is 5.94. The van der Waals surface area contributed by atoms with Crippen LogP contribution in [0.5, 0.6) is 5.75 Å². The van der Waals surface area contributed by atoms with Gasteiger partial charge in [-0.3, -0.25) is 4.79 Å². The van der Waals surface area contributed by atoms with Crippen LogP contribution in [0.2, 0.25) is 0 Å². The number of hydrogen-bond acceptors (Lipinski definition) is 3. The first-order chi connectivity index (χ1) is 7.77. The molecule has 84 valence electrons. The molecule has 0 aliphatic heterocycles. The van der Waals surface area contributed by atoms with E-state index in [-0.39, 0.29) is 12.5 Å². The molecular formula is C12H14N2O2. The molecule has 1 rings (SSSR count). The molecule has 0 saturated heterocycles. The highest BCUT2D eigenvalue weighted by Gasteiger charge is 2.05. The molecule has 0 bridgehead atoms. The summed E-state index contributed by atoms with van der Waals surface area (Å²) in [5, 5.41) is 10.8. The van der Waals surface area contributed by atoms with Gasteiger partial charge in [0, 0.05) is 5.56 Å². The normalized spacial score (nSPS) is 9.25. The summed E-state index contributed by atoms with van der Waals surface area (Å²) in [6, 6.07) is 8.77. The van der Waals surface area contributed by atoms with Crippen molar-refractivity contribution in [3.8, 4) is 11.8 Å². The summed E-state index contributed by atoms with van der Waals surface area (Å²) in [4.78, 5) is 11.5. The van der Waals surface area contributed by atoms with Gasteiger partial charge in [0.2, 0.25) is 0 Å². The summed E-state index contributed by atoms with van der Waals surface area (Å²) in [7, 11) is 0. The Labute approximate surface area is 94.8 Å². The van der Waals surface area contributed by atoms with Crippen molar-refractivity contribution in [2.75, 3.05) is 13.2 Å². The fourth-order valence-electron chi connectivity index (χ4n) is 1.17. The molecule has 1 aromatic rings. The van der Waals surface area contributed by atoms with Gasteiger partial charge in [-0.05, 0) is 24.6 Å². The van der Waals surface area contributed by atoms with Gasteiger partial charge < -0.3 is 10.1 Å². The van der Waals surface area contributed by atoms with Gasteiger partial charge in [-0.25, -0.2) is 0 Å². The minimum atomic E-state index is -0.261. The third-order valence-electron chi connectivity index (χ3n) is 1.90. The third kappa shape index (κ3) is 3.62. The summed E-state index contributed by atoms with van der Waals surface area (Å²) in [6.45, 7) is 2.66. The van der Waals surface area contributed by atoms with Gasteiger partial charge in [0.1, 0.15) is 12.3 Å². The Kier molecular flexibility index (Phi) is 4.87. The molecule has 0 aromatic heterocycles. The molecule has 1 aromatic carbocycles. The molecule has 0 radical (unpaired) electrons. The molecule has 4 heteroatoms. The molecule has 16 heavy (non-hydrogen) atoms. The van der Waals surface area contributed by atoms with E-state index in [1.807, 2.05) is 13.0 Å². The summed E-state index contributed by atoms with van der Waals surface area (Å²) in [5.41, 5.74) is 0.504. The van der Waals surface area contributed by atoms with Crippen molar-refractivity contribution in [1.82, 2.24) is 5.32 Å². The van der Waals surface area contributed by atoms with Crippen molar-refractivity contribution in [3.63, 3.8) is 0 Å². The maximum Gasteiger partial charge on any atom is 0.252 e. The summed E-state index contributed by atoms with van der Waals surface area (Å²) in [5.74, 6) is 0.412. The average molecular weight is 218 g/mol. The molecular weight excluding hydrogens is 204 g/mol. The average Bonchev–Trinajstić information content (AvgIpc) is 2.33. The Morgan fingerprint density at radius 1 is 1.56 bits per heavy atom. The Morgan fingerprint density at radius 3 is 3.06 bits per heavy atom. The maximum absolute atomic E-state index is 11.5. The van der Waals surface area contributed by atoms with Crippen LogP contribution in [0, 0.1) is 11.3 Å². The Balaban J connectivity index is 2.66. The van der Waals surface area contributed by atoms with Crippen LogP contribution in [0.3, 0.4) is 0 Å². The van der Waals surface area contributed by atoms with Crippen LogP contribution < -0.4 is 10.1 Å². The molecule has 1 amide bonds. The fourth-order valence-corrected chi connectivity index (χ4v) is 1.17. The monoisotopic (exact) mass is 218 g/mol. The van der Waals surface area contributed by atoms with Crippen LogP contribution in [0.4, 0.5) is 0 Å². The zero-order chi connectivity index (χ0) is 11.8. The Hall–Kier alpha value is -2.02. The maximum atomic E-state index is 11.5. The molecule has 0 heterocycles. The molecule has 0 atom stereocenters. The van der Waals surface area contributed by atoms with Gasteiger partial charge in [-0.1, -0.05) is 13.0 Å². The van der Waals surface area contributed by atoms with Crippen molar-refractivity contribution >= 4 is 5.91 Å². The molecule has 0 spiro atoms. The van der Waals surface area contributed by atoms with E-state index in [2.05, 4.69) is 5.32 Å². The van der Waals surface area contributed by atoms with Crippen molar-refractivity contribution in [1.29, 1.82) is 5.26 Å². The number of ether oxygens (including phenoxy) is 1. The molecule has 0 aliphatic carbocycles. The standard InChI is InChI=1S/C12H14N2O2/c1-2-8-16-11-5-3-4-10(9-11)12(15)14-7-6-13/h3-5,9H,2,7-8H2,1H3,(H,14,15). The van der Waals surface area contributed by atoms with E-state index in [9.17, 15) is 4.79 Å². The lowest BCUT2D eigenvalue weighted by Crippen LogP contribution is -2.23. The number of hydrogen-bond donors (Lipinski definition) is 1. The van der Waals surface area contributed by atoms with Crippen molar-refractivity contribution in [2.24, 2.45) is 0 Å². The first-order valence-electron chi connectivity index (χ1n) is 5.16. The van der Waals surface area contributed by atoms with Gasteiger partial charge in [0.05, 0.1) is 12.7 Å². The second-order valence-corrected chi connectivity index (χ2v) is 3.22. The van der Waals surface area contributed by atoms with Gasteiger partial charge in [-0.2, -0.15) is 5.26 Å². The van der Waals surface area contributed by atoms with Crippen LogP contribution in [-0.2, 0) is 0 Å². The van der Waals surface area contributed by atoms with Crippen LogP contribution in [0.25, 0.3) is 0 Å². The molecule has 0 aliphatic rings. The van der Waals surface area contributed by atoms with E-state index in [1.165, 1.54) is 0 Å². The number of carbonyl (C=O) groups is 1. The minimum absolute atomic E-state index is 0.0128. The largest absolute Gasteiger partial charge is 0.494 e. The van der Waals surface area contributed by atoms with Gasteiger partial charge in [0.25, 0.3) is 5.91 Å². The van der Waals surface area contributed by atoms with E-state index in [1.54, 1.807) is 24.3 Å². The summed E-state index contributed by atoms with van der Waals surface area (Å²) >= 11 is 0. The van der Waals surface area contributed by atoms with E-state index >= 15 is 0 Å². The minimum Gasteiger partial charge on any atom is -0.494 e. The van der Waals surface area contributed by atoms with E-state index in [0.29, 0.717) is 17.9 Å². The van der Waals surface area contributed by atoms with Crippen molar-refractivity contribution in [2.45, 2.75) is 13.3 Å². The number of nitrogens with one attached hydrogen (secondary N) is 1. The predicted molar refractivity (Wildman–Crippen MR) is 60.2 cm³/mol. The Morgan fingerprint density at radius 2 is 2.38 bits per heavy atom. The number of amides is 1. The van der Waals surface area contributed by atoms with E-state index < -0.39 is 0 Å². The van der Waals surface area contributed by atoms with Gasteiger partial charge in [0.15, 0.2) is 0 Å². The third-order valence-corrected chi connectivity index (χ3v) is 1.90. The van der Waals surface area contributed by atoms with Crippen molar-refractivity contribution < 1.29 is 9.53 Å². The number of benzene rings is 1. The lowest BCUT2D eigenvalue weighted by molar-refractivity contribution is 0.0958. The smallest absolute Gasteiger partial charge is 0.252 e. The number of rotatable bonds is 5. The second-order valence-electron chi connectivity index (χ2n) is 3.22. The number of nitrogens with zero attached hydrogens (tertiary/aromatic N) is 1. The van der Waals surface area contributed by atoms with Crippen LogP contribution >= 0.6 is 0 Å². The quantitative estimate of drug-likeness (QED) is 0.765. The zero-order valence-electron chi connectivity index (χ0n) is 9.19. The lowest BCUT2D eigenvalue weighted by atomic mass is 10.2. The predicted octanol–water partition coefficient (Wildman–Crippen LogP) is 1.73. The molecule has 4 nitrogen and oxygen atoms in total. The highest BCUT2D eigenvalue weighted by atomic mass is 16.5. The number of nitriles is 1. The molecule has 1 N–H and O–H groups in total. The highest BCUT2D eigenvalue weighted by Crippen LogP contribution is 2.13. The fraction of sp³-hybridized carbons (Fsp3) is 0.333. The Bertz CT molecular complexity index is 396. The SMILES string of the molecule is CCCOc1cccc(C(=O)NCC#N)c1. The topological polar surface area (TPSA) is 62.1 Å². The van der Waals surface area contributed by atoms with Gasteiger partial charge >= 0.3 is 0 Å². The molecule has 0 unspecified atom stereocenters. The van der Waals surface area contributed by atoms with E-state index in [0.717, 1.165) is 6.42 Å². The number of carbonyl (C=O) groups excluding carboxylic acids is 1. The molecule has 0 saturated carbocycles. The van der Waals surface area contributed by atoms with E-state index in [4.69, 9.17) is 10.00 Å². The lowest BCUT2D eigenvalue weighted by Gasteiger charge is -2.06. The summed E-state index contributed by atoms with van der Waals surface area (Å²) < 4.78 is 5.41. The van der Waals surface area contributed by atoms with Gasteiger partial charge in [-0.15, -0.1) is 0 Å². The van der Waals surface area contributed by atoms with Crippen LogP contribution in [0.1, 0.15) is 23.7 Å². The van der Waals surface area contributed by atoms with Crippen LogP contribution in [0.15, 0.2) is 24.3 Å². The first-order valence-corrected chi connectivity index (χ1v) is 5.16. The first kappa shape index (κ1) is 12.1. The van der Waals surface area contributed by atoms with Crippen molar-refractivity contribution in [3.05, 3.63) is 29.8 Å². The second kappa shape index (κ2) is 6.46. The zero-order valence-corrected chi connectivity index (χ0v) is 9.19. The van der Waals surface area contributed by atoms with Crippen LogP contribution in [-0.4, -0.2) is 19.1 Å².